The monoisotopic (exact) mass is 375 g/mol. The Morgan fingerprint density at radius 1 is 1.04 bits per heavy atom. The Morgan fingerprint density at radius 2 is 1.79 bits per heavy atom. The average Bonchev–Trinajstić information content (AvgIpc) is 2.73. The predicted octanol–water partition coefficient (Wildman–Crippen LogP) is 3.89. The Bertz CT molecular complexity index is 962. The molecule has 0 fully saturated rings. The van der Waals surface area contributed by atoms with Gasteiger partial charge in [0.05, 0.1) is 12.1 Å². The summed E-state index contributed by atoms with van der Waals surface area (Å²) < 4.78 is 0. The molecule has 0 aliphatic rings. The number of fused-ring (bicyclic) bond motifs is 1. The van der Waals surface area contributed by atoms with Crippen molar-refractivity contribution in [1.29, 1.82) is 0 Å². The van der Waals surface area contributed by atoms with Crippen molar-refractivity contribution in [1.82, 2.24) is 15.2 Å². The van der Waals surface area contributed by atoms with Crippen molar-refractivity contribution in [2.24, 2.45) is 0 Å². The number of amides is 2. The molecule has 3 aromatic rings. The molecule has 1 N–H and O–H groups in total. The van der Waals surface area contributed by atoms with Crippen LogP contribution < -0.4 is 5.32 Å². The summed E-state index contributed by atoms with van der Waals surface area (Å²) in [6.45, 7) is 2.77. The van der Waals surface area contributed by atoms with Crippen LogP contribution in [0.1, 0.15) is 30.1 Å². The smallest absolute Gasteiger partial charge is 0.254 e. The van der Waals surface area contributed by atoms with E-state index in [9.17, 15) is 9.59 Å². The Balaban J connectivity index is 1.71. The third kappa shape index (κ3) is 4.55. The molecule has 0 aliphatic heterocycles. The normalized spacial score (nSPS) is 10.6. The average molecular weight is 375 g/mol. The summed E-state index contributed by atoms with van der Waals surface area (Å²) in [6, 6.07) is 17.5. The number of likely N-dealkylation sites (N-methyl/N-ethyl adjacent to an activating group) is 1. The van der Waals surface area contributed by atoms with E-state index in [1.807, 2.05) is 42.5 Å². The maximum Gasteiger partial charge on any atom is 0.254 e. The number of carbonyl (C=O) groups is 2. The number of unbranched alkanes of at least 4 members (excludes halogenated alkanes) is 1. The molecule has 0 atom stereocenters. The van der Waals surface area contributed by atoms with E-state index in [1.165, 1.54) is 4.90 Å². The van der Waals surface area contributed by atoms with E-state index in [1.54, 1.807) is 25.4 Å². The first-order valence-corrected chi connectivity index (χ1v) is 9.56. The van der Waals surface area contributed by atoms with E-state index >= 15 is 0 Å². The van der Waals surface area contributed by atoms with E-state index in [0.29, 0.717) is 12.1 Å². The summed E-state index contributed by atoms with van der Waals surface area (Å²) in [4.78, 5) is 30.4. The molecule has 1 heterocycles. The number of para-hydroxylation sites is 1. The Morgan fingerprint density at radius 3 is 2.54 bits per heavy atom. The second-order valence-corrected chi connectivity index (χ2v) is 6.82. The van der Waals surface area contributed by atoms with Gasteiger partial charge >= 0.3 is 0 Å². The van der Waals surface area contributed by atoms with Gasteiger partial charge in [-0.2, -0.15) is 0 Å². The minimum absolute atomic E-state index is 0.0531. The molecular weight excluding hydrogens is 350 g/mol. The largest absolute Gasteiger partial charge is 0.355 e. The van der Waals surface area contributed by atoms with Gasteiger partial charge in [-0.3, -0.25) is 14.6 Å². The Hall–Kier alpha value is -3.21. The maximum atomic E-state index is 12.6. The van der Waals surface area contributed by atoms with Crippen molar-refractivity contribution in [3.8, 4) is 11.1 Å². The van der Waals surface area contributed by atoms with E-state index in [-0.39, 0.29) is 18.4 Å². The first-order valence-electron chi connectivity index (χ1n) is 9.56. The molecule has 28 heavy (non-hydrogen) atoms. The summed E-state index contributed by atoms with van der Waals surface area (Å²) in [5, 5.41) is 3.91. The predicted molar refractivity (Wildman–Crippen MR) is 112 cm³/mol. The summed E-state index contributed by atoms with van der Waals surface area (Å²) in [5.74, 6) is -0.309. The summed E-state index contributed by atoms with van der Waals surface area (Å²) in [7, 11) is 1.64. The highest BCUT2D eigenvalue weighted by molar-refractivity contribution is 5.98. The van der Waals surface area contributed by atoms with Gasteiger partial charge in [0, 0.05) is 36.3 Å². The minimum atomic E-state index is -0.173. The zero-order valence-corrected chi connectivity index (χ0v) is 16.3. The van der Waals surface area contributed by atoms with Gasteiger partial charge < -0.3 is 10.2 Å². The Labute approximate surface area is 165 Å². The van der Waals surface area contributed by atoms with Gasteiger partial charge in [-0.1, -0.05) is 49.7 Å². The van der Waals surface area contributed by atoms with Crippen LogP contribution in [0.3, 0.4) is 0 Å². The lowest BCUT2D eigenvalue weighted by atomic mass is 10.0. The van der Waals surface area contributed by atoms with Crippen LogP contribution in [0, 0.1) is 0 Å². The number of pyridine rings is 1. The molecule has 0 radical (unpaired) electrons. The lowest BCUT2D eigenvalue weighted by Gasteiger charge is -2.17. The number of rotatable bonds is 7. The third-order valence-corrected chi connectivity index (χ3v) is 4.66. The second-order valence-electron chi connectivity index (χ2n) is 6.82. The standard InChI is InChI=1S/C23H25N3O2/c1-3-4-14-24-21(27)16-26(2)23(28)19-12-10-17(11-13-19)20-9-5-7-18-8-6-15-25-22(18)20/h5-13,15H,3-4,14,16H2,1-2H3,(H,24,27). The first kappa shape index (κ1) is 19.5. The fourth-order valence-corrected chi connectivity index (χ4v) is 3.10. The van der Waals surface area contributed by atoms with Crippen molar-refractivity contribution >= 4 is 22.7 Å². The molecule has 144 valence electrons. The van der Waals surface area contributed by atoms with Gasteiger partial charge in [-0.25, -0.2) is 0 Å². The van der Waals surface area contributed by atoms with Crippen LogP contribution in [0.5, 0.6) is 0 Å². The van der Waals surface area contributed by atoms with Crippen LogP contribution in [0.4, 0.5) is 0 Å². The molecule has 0 aliphatic carbocycles. The lowest BCUT2D eigenvalue weighted by molar-refractivity contribution is -0.121. The van der Waals surface area contributed by atoms with Crippen molar-refractivity contribution < 1.29 is 9.59 Å². The number of aromatic nitrogens is 1. The van der Waals surface area contributed by atoms with E-state index < -0.39 is 0 Å². The molecule has 5 nitrogen and oxygen atoms in total. The first-order chi connectivity index (χ1) is 13.6. The molecule has 2 aromatic carbocycles. The Kier molecular flexibility index (Phi) is 6.37. The topological polar surface area (TPSA) is 62.3 Å². The zero-order chi connectivity index (χ0) is 19.9. The molecule has 0 saturated heterocycles. The van der Waals surface area contributed by atoms with Gasteiger partial charge in [-0.15, -0.1) is 0 Å². The molecule has 1 aromatic heterocycles. The third-order valence-electron chi connectivity index (χ3n) is 4.66. The number of benzene rings is 2. The molecule has 0 saturated carbocycles. The van der Waals surface area contributed by atoms with Crippen LogP contribution in [0.25, 0.3) is 22.0 Å². The molecule has 2 amide bonds. The molecule has 0 spiro atoms. The van der Waals surface area contributed by atoms with Crippen LogP contribution >= 0.6 is 0 Å². The fourth-order valence-electron chi connectivity index (χ4n) is 3.10. The summed E-state index contributed by atoms with van der Waals surface area (Å²) in [6.07, 6.45) is 3.74. The molecule has 0 bridgehead atoms. The van der Waals surface area contributed by atoms with Crippen molar-refractivity contribution in [2.45, 2.75) is 19.8 Å². The minimum Gasteiger partial charge on any atom is -0.355 e. The highest BCUT2D eigenvalue weighted by Crippen LogP contribution is 2.27. The number of hydrogen-bond acceptors (Lipinski definition) is 3. The van der Waals surface area contributed by atoms with Crippen LogP contribution in [0.2, 0.25) is 0 Å². The van der Waals surface area contributed by atoms with Gasteiger partial charge in [-0.05, 0) is 30.2 Å². The second kappa shape index (κ2) is 9.13. The molecule has 3 rings (SSSR count). The lowest BCUT2D eigenvalue weighted by Crippen LogP contribution is -2.38. The maximum absolute atomic E-state index is 12.6. The molecular formula is C23H25N3O2. The van der Waals surface area contributed by atoms with Crippen molar-refractivity contribution in [3.63, 3.8) is 0 Å². The van der Waals surface area contributed by atoms with Gasteiger partial charge in [0.25, 0.3) is 5.91 Å². The molecule has 5 heteroatoms. The van der Waals surface area contributed by atoms with E-state index in [4.69, 9.17) is 0 Å². The van der Waals surface area contributed by atoms with Gasteiger partial charge in [0.2, 0.25) is 5.91 Å². The highest BCUT2D eigenvalue weighted by atomic mass is 16.2. The summed E-state index contributed by atoms with van der Waals surface area (Å²) >= 11 is 0. The van der Waals surface area contributed by atoms with Crippen molar-refractivity contribution in [2.75, 3.05) is 20.1 Å². The number of hydrogen-bond donors (Lipinski definition) is 1. The van der Waals surface area contributed by atoms with Crippen LogP contribution in [0.15, 0.2) is 60.8 Å². The quantitative estimate of drug-likeness (QED) is 0.637. The number of carbonyl (C=O) groups excluding carboxylic acids is 2. The van der Waals surface area contributed by atoms with Crippen molar-refractivity contribution in [3.05, 3.63) is 66.4 Å². The molecule has 0 unspecified atom stereocenters. The highest BCUT2D eigenvalue weighted by Gasteiger charge is 2.15. The number of nitrogens with zero attached hydrogens (tertiary/aromatic N) is 2. The van der Waals surface area contributed by atoms with E-state index in [2.05, 4.69) is 17.2 Å². The van der Waals surface area contributed by atoms with Crippen LogP contribution in [-0.2, 0) is 4.79 Å². The van der Waals surface area contributed by atoms with Gasteiger partial charge in [0.1, 0.15) is 0 Å². The SMILES string of the molecule is CCCCNC(=O)CN(C)C(=O)c1ccc(-c2cccc3cccnc23)cc1. The van der Waals surface area contributed by atoms with E-state index in [0.717, 1.165) is 34.9 Å². The zero-order valence-electron chi connectivity index (χ0n) is 16.3. The number of nitrogens with one attached hydrogen (secondary N) is 1. The summed E-state index contributed by atoms with van der Waals surface area (Å²) in [5.41, 5.74) is 3.52. The van der Waals surface area contributed by atoms with Gasteiger partial charge in [0.15, 0.2) is 0 Å². The van der Waals surface area contributed by atoms with Crippen LogP contribution in [-0.4, -0.2) is 41.8 Å². The fraction of sp³-hybridized carbons (Fsp3) is 0.261.